The molecule has 4 aliphatic rings. The van der Waals surface area contributed by atoms with Crippen LogP contribution in [0.1, 0.15) is 24.3 Å². The molecule has 2 saturated heterocycles. The molecule has 0 spiro atoms. The topological polar surface area (TPSA) is 185 Å². The number of nitrogens with zero attached hydrogens (tertiary/aromatic N) is 5. The lowest BCUT2D eigenvalue weighted by Crippen LogP contribution is -2.60. The Balaban J connectivity index is 1.42. The van der Waals surface area contributed by atoms with E-state index in [1.807, 2.05) is 0 Å². The number of amides is 4. The van der Waals surface area contributed by atoms with Crippen molar-refractivity contribution in [3.8, 4) is 5.75 Å². The van der Waals surface area contributed by atoms with E-state index in [9.17, 15) is 44.5 Å². The number of phenols is 1. The predicted octanol–water partition coefficient (Wildman–Crippen LogP) is 5.34. The average molecular weight is 787 g/mol. The summed E-state index contributed by atoms with van der Waals surface area (Å²) in [6.07, 6.45) is 1.31. The highest BCUT2D eigenvalue weighted by molar-refractivity contribution is 9.09. The highest BCUT2D eigenvalue weighted by Gasteiger charge is 2.76. The number of phenolic OH excluding ortho intramolecular Hbond substituents is 1. The van der Waals surface area contributed by atoms with Gasteiger partial charge in [-0.25, -0.2) is 4.90 Å². The number of carbonyl (C=O) groups is 4. The number of halogens is 3. The maximum absolute atomic E-state index is 14.5. The van der Waals surface area contributed by atoms with E-state index in [0.29, 0.717) is 21.2 Å². The van der Waals surface area contributed by atoms with Crippen LogP contribution in [0.4, 0.5) is 22.7 Å². The first-order chi connectivity index (χ1) is 23.6. The van der Waals surface area contributed by atoms with E-state index in [0.717, 1.165) is 17.0 Å². The van der Waals surface area contributed by atoms with Crippen molar-refractivity contribution in [3.05, 3.63) is 86.0 Å². The van der Waals surface area contributed by atoms with Gasteiger partial charge in [-0.05, 0) is 35.6 Å². The van der Waals surface area contributed by atoms with E-state index in [4.69, 9.17) is 23.2 Å². The fourth-order valence-electron chi connectivity index (χ4n) is 8.37. The molecule has 3 aromatic carbocycles. The maximum Gasteiger partial charge on any atom is 0.301 e. The largest absolute Gasteiger partial charge is 0.508 e. The molecule has 0 aromatic heterocycles. The van der Waals surface area contributed by atoms with Gasteiger partial charge in [0.15, 0.2) is 15.4 Å². The Hall–Kier alpha value is -4.60. The van der Waals surface area contributed by atoms with Gasteiger partial charge in [0.05, 0.1) is 32.8 Å². The molecule has 3 fully saturated rings. The quantitative estimate of drug-likeness (QED) is 0.0854. The average Bonchev–Trinajstić information content (AvgIpc) is 3.41. The number of likely N-dealkylation sites (tertiary alicyclic amines) is 1. The summed E-state index contributed by atoms with van der Waals surface area (Å²) in [5.41, 5.74) is -1.65. The Morgan fingerprint density at radius 1 is 0.960 bits per heavy atom. The van der Waals surface area contributed by atoms with E-state index in [1.165, 1.54) is 25.1 Å². The molecular formula is C33H26BrCl2N5O9. The lowest BCUT2D eigenvalue weighted by Gasteiger charge is -2.51. The summed E-state index contributed by atoms with van der Waals surface area (Å²) in [4.78, 5) is 77.7. The molecule has 1 N–H and O–H groups in total. The Labute approximate surface area is 301 Å². The number of anilines is 2. The molecule has 17 heteroatoms. The number of benzene rings is 3. The maximum atomic E-state index is 14.5. The molecule has 7 rings (SSSR count). The zero-order chi connectivity index (χ0) is 36.2. The molecule has 3 aromatic rings. The van der Waals surface area contributed by atoms with Crippen LogP contribution >= 0.6 is 39.1 Å². The van der Waals surface area contributed by atoms with Crippen molar-refractivity contribution in [2.75, 3.05) is 29.3 Å². The van der Waals surface area contributed by atoms with Crippen LogP contribution in [-0.2, 0) is 19.2 Å². The Morgan fingerprint density at radius 3 is 2.20 bits per heavy atom. The lowest BCUT2D eigenvalue weighted by molar-refractivity contribution is -0.392. The zero-order valence-electron chi connectivity index (χ0n) is 26.2. The molecule has 6 atom stereocenters. The van der Waals surface area contributed by atoms with E-state index < -0.39 is 78.3 Å². The van der Waals surface area contributed by atoms with Crippen molar-refractivity contribution in [2.24, 2.45) is 17.8 Å². The van der Waals surface area contributed by atoms with E-state index in [1.54, 1.807) is 36.4 Å². The molecule has 4 amide bonds. The van der Waals surface area contributed by atoms with Crippen molar-refractivity contribution in [1.29, 1.82) is 0 Å². The summed E-state index contributed by atoms with van der Waals surface area (Å²) in [5, 5.41) is 36.8. The number of aromatic hydroxyl groups is 1. The van der Waals surface area contributed by atoms with Crippen LogP contribution in [0.2, 0.25) is 0 Å². The van der Waals surface area contributed by atoms with Gasteiger partial charge in [0.25, 0.3) is 11.8 Å². The number of alkyl halides is 3. The number of allylic oxidation sites excluding steroid dienone is 2. The van der Waals surface area contributed by atoms with Gasteiger partial charge in [0.1, 0.15) is 5.75 Å². The van der Waals surface area contributed by atoms with Crippen molar-refractivity contribution in [2.45, 2.75) is 28.5 Å². The molecule has 0 unspecified atom stereocenters. The summed E-state index contributed by atoms with van der Waals surface area (Å²) in [6, 6.07) is 12.0. The zero-order valence-corrected chi connectivity index (χ0v) is 29.3. The Morgan fingerprint density at radius 2 is 1.60 bits per heavy atom. The van der Waals surface area contributed by atoms with Crippen LogP contribution in [0, 0.1) is 38.0 Å². The molecule has 50 heavy (non-hydrogen) atoms. The number of nitro groups is 2. The van der Waals surface area contributed by atoms with Crippen LogP contribution in [0.5, 0.6) is 5.75 Å². The second-order valence-electron chi connectivity index (χ2n) is 13.0. The highest BCUT2D eigenvalue weighted by atomic mass is 79.9. The first kappa shape index (κ1) is 33.9. The van der Waals surface area contributed by atoms with Crippen molar-refractivity contribution < 1.29 is 34.1 Å². The van der Waals surface area contributed by atoms with Crippen molar-refractivity contribution in [1.82, 2.24) is 4.90 Å². The number of nitro benzene ring substituents is 2. The number of hydrogen-bond donors (Lipinski definition) is 1. The number of hydrogen-bond acceptors (Lipinski definition) is 10. The molecule has 0 bridgehead atoms. The predicted molar refractivity (Wildman–Crippen MR) is 186 cm³/mol. The standard InChI is InChI=1S/C33H26BrCl2N5O9/c1-37(2)27-21(40(47)48)11-16(12-22(27)41(49)50)39-28(43)19-9-8-18-20(24(19)29(39)44)13-32(35)30(45)38(14-34)31(46)33(32,36)26(18)25-17-6-4-3-5-15(17)7-10-23(25)42/h3-8,10-12,19-20,24,26,42H,9,13-14H2,1-2H3/t19-,20+,24-,26+,32+,33-/m0/s1. The van der Waals surface area contributed by atoms with E-state index in [-0.39, 0.29) is 41.0 Å². The third-order valence-electron chi connectivity index (χ3n) is 10.4. The minimum Gasteiger partial charge on any atom is -0.508 e. The van der Waals surface area contributed by atoms with Crippen molar-refractivity contribution in [3.63, 3.8) is 0 Å². The summed E-state index contributed by atoms with van der Waals surface area (Å²) in [5.74, 6) is -7.85. The van der Waals surface area contributed by atoms with Gasteiger partial charge in [-0.15, -0.1) is 23.2 Å². The second kappa shape index (κ2) is 11.5. The van der Waals surface area contributed by atoms with E-state index in [2.05, 4.69) is 15.9 Å². The fourth-order valence-corrected chi connectivity index (χ4v) is 9.78. The number of rotatable bonds is 6. The minimum absolute atomic E-state index is 0.0356. The number of imide groups is 2. The monoisotopic (exact) mass is 785 g/mol. The molecular weight excluding hydrogens is 761 g/mol. The second-order valence-corrected chi connectivity index (χ2v) is 14.7. The third-order valence-corrected chi connectivity index (χ3v) is 12.3. The smallest absolute Gasteiger partial charge is 0.301 e. The minimum atomic E-state index is -2.16. The summed E-state index contributed by atoms with van der Waals surface area (Å²) in [7, 11) is 2.78. The lowest BCUT2D eigenvalue weighted by atomic mass is 9.56. The first-order valence-corrected chi connectivity index (χ1v) is 17.2. The normalized spacial score (nSPS) is 28.8. The van der Waals surface area contributed by atoms with Gasteiger partial charge in [-0.2, -0.15) is 0 Å². The van der Waals surface area contributed by atoms with Crippen LogP contribution in [0.25, 0.3) is 10.8 Å². The van der Waals surface area contributed by atoms with Crippen LogP contribution in [0.15, 0.2) is 60.2 Å². The van der Waals surface area contributed by atoms with Gasteiger partial charge in [-0.3, -0.25) is 44.3 Å². The third kappa shape index (κ3) is 4.32. The number of carbonyl (C=O) groups excluding carboxylic acids is 4. The fraction of sp³-hybridized carbons (Fsp3) is 0.333. The Kier molecular flexibility index (Phi) is 7.77. The van der Waals surface area contributed by atoms with Crippen LogP contribution in [0.3, 0.4) is 0 Å². The summed E-state index contributed by atoms with van der Waals surface area (Å²) < 4.78 is 0. The summed E-state index contributed by atoms with van der Waals surface area (Å²) >= 11 is 17.8. The molecule has 258 valence electrons. The highest BCUT2D eigenvalue weighted by Crippen LogP contribution is 2.67. The molecule has 2 heterocycles. The SMILES string of the molecule is CN(C)c1c([N+](=O)[O-])cc(N2C(=O)[C@H]3[C@H](CC=C4[C@H]3C[C@@]3(Cl)C(=O)N(CBr)C(=O)[C@@]3(Cl)[C@H]4c3c(O)ccc4ccccc34)C2=O)cc1[N+](=O)[O-]. The molecule has 1 saturated carbocycles. The van der Waals surface area contributed by atoms with Crippen LogP contribution < -0.4 is 9.80 Å². The van der Waals surface area contributed by atoms with Crippen LogP contribution in [-0.4, -0.2) is 72.8 Å². The van der Waals surface area contributed by atoms with Crippen molar-refractivity contribution >= 4 is 96.3 Å². The molecule has 0 radical (unpaired) electrons. The van der Waals surface area contributed by atoms with Gasteiger partial charge in [0, 0.05) is 37.7 Å². The molecule has 2 aliphatic carbocycles. The van der Waals surface area contributed by atoms with Gasteiger partial charge < -0.3 is 10.0 Å². The number of fused-ring (bicyclic) bond motifs is 5. The van der Waals surface area contributed by atoms with Gasteiger partial charge in [-0.1, -0.05) is 57.9 Å². The summed E-state index contributed by atoms with van der Waals surface area (Å²) in [6.45, 7) is 0. The molecule has 2 aliphatic heterocycles. The van der Waals surface area contributed by atoms with Gasteiger partial charge in [0.2, 0.25) is 11.8 Å². The Bertz CT molecular complexity index is 2110. The molecule has 14 nitrogen and oxygen atoms in total. The van der Waals surface area contributed by atoms with E-state index >= 15 is 0 Å². The van der Waals surface area contributed by atoms with Gasteiger partial charge >= 0.3 is 11.4 Å². The first-order valence-electron chi connectivity index (χ1n) is 15.3.